The van der Waals surface area contributed by atoms with E-state index in [1.165, 1.54) is 0 Å². The van der Waals surface area contributed by atoms with Gasteiger partial charge in [0.15, 0.2) is 0 Å². The lowest BCUT2D eigenvalue weighted by atomic mass is 10.1. The summed E-state index contributed by atoms with van der Waals surface area (Å²) in [7, 11) is 0. The fraction of sp³-hybridized carbons (Fsp3) is 0.227. The van der Waals surface area contributed by atoms with Crippen LogP contribution in [0.5, 0.6) is 0 Å². The van der Waals surface area contributed by atoms with E-state index in [1.807, 2.05) is 66.9 Å². The molecule has 1 aliphatic heterocycles. The number of benzene rings is 2. The molecule has 1 saturated heterocycles. The monoisotopic (exact) mass is 423 g/mol. The normalized spacial score (nSPS) is 16.0. The summed E-state index contributed by atoms with van der Waals surface area (Å²) in [5, 5.41) is 5.85. The van der Waals surface area contributed by atoms with E-state index in [9.17, 15) is 9.59 Å². The van der Waals surface area contributed by atoms with Crippen molar-refractivity contribution in [1.29, 1.82) is 0 Å². The molecular weight excluding hydrogens is 402 g/mol. The lowest BCUT2D eigenvalue weighted by molar-refractivity contribution is -0.124. The molecule has 2 amide bonds. The minimum absolute atomic E-state index is 0.0896. The quantitative estimate of drug-likeness (QED) is 0.675. The molecule has 1 unspecified atom stereocenters. The number of amides is 2. The van der Waals surface area contributed by atoms with Gasteiger partial charge in [0, 0.05) is 22.3 Å². The van der Waals surface area contributed by atoms with Gasteiger partial charge >= 0.3 is 0 Å². The van der Waals surface area contributed by atoms with Crippen molar-refractivity contribution in [2.45, 2.75) is 19.5 Å². The third kappa shape index (κ3) is 4.36. The van der Waals surface area contributed by atoms with Gasteiger partial charge in [-0.05, 0) is 18.6 Å². The summed E-state index contributed by atoms with van der Waals surface area (Å²) in [5.41, 5.74) is 3.46. The molecule has 148 valence electrons. The van der Waals surface area contributed by atoms with Gasteiger partial charge in [0.2, 0.25) is 5.91 Å². The Morgan fingerprint density at radius 2 is 1.90 bits per heavy atom. The SMILES string of the molecule is Cc1ccccc1C(=O)N1CSCC1C(=O)NCc1csc(-c2ccccc2)n1. The second-order valence-electron chi connectivity index (χ2n) is 6.83. The largest absolute Gasteiger partial charge is 0.349 e. The molecule has 0 bridgehead atoms. The molecule has 1 atom stereocenters. The van der Waals surface area contributed by atoms with Gasteiger partial charge in [-0.15, -0.1) is 23.1 Å². The van der Waals surface area contributed by atoms with Crippen molar-refractivity contribution in [3.8, 4) is 10.6 Å². The summed E-state index contributed by atoms with van der Waals surface area (Å²) >= 11 is 3.16. The third-order valence-electron chi connectivity index (χ3n) is 4.84. The van der Waals surface area contributed by atoms with Gasteiger partial charge in [0.1, 0.15) is 11.0 Å². The van der Waals surface area contributed by atoms with Gasteiger partial charge < -0.3 is 10.2 Å². The highest BCUT2D eigenvalue weighted by molar-refractivity contribution is 7.99. The first-order valence-corrected chi connectivity index (χ1v) is 11.4. The van der Waals surface area contributed by atoms with Crippen molar-refractivity contribution in [2.24, 2.45) is 0 Å². The van der Waals surface area contributed by atoms with Crippen molar-refractivity contribution in [2.75, 3.05) is 11.6 Å². The Morgan fingerprint density at radius 1 is 1.14 bits per heavy atom. The summed E-state index contributed by atoms with van der Waals surface area (Å²) in [6, 6.07) is 17.0. The van der Waals surface area contributed by atoms with Crippen LogP contribution in [0.1, 0.15) is 21.6 Å². The Kier molecular flexibility index (Phi) is 5.97. The summed E-state index contributed by atoms with van der Waals surface area (Å²) in [6.45, 7) is 2.27. The van der Waals surface area contributed by atoms with E-state index in [-0.39, 0.29) is 11.8 Å². The molecule has 1 N–H and O–H groups in total. The van der Waals surface area contributed by atoms with Crippen LogP contribution in [-0.2, 0) is 11.3 Å². The maximum absolute atomic E-state index is 12.9. The van der Waals surface area contributed by atoms with Crippen LogP contribution >= 0.6 is 23.1 Å². The molecule has 1 aromatic heterocycles. The molecule has 0 aliphatic carbocycles. The summed E-state index contributed by atoms with van der Waals surface area (Å²) < 4.78 is 0. The zero-order valence-electron chi connectivity index (χ0n) is 16.0. The molecule has 2 heterocycles. The van der Waals surface area contributed by atoms with Crippen molar-refractivity contribution < 1.29 is 9.59 Å². The van der Waals surface area contributed by atoms with E-state index in [0.717, 1.165) is 21.8 Å². The average molecular weight is 424 g/mol. The Bertz CT molecular complexity index is 1020. The summed E-state index contributed by atoms with van der Waals surface area (Å²) in [6.07, 6.45) is 0. The molecule has 0 radical (unpaired) electrons. The average Bonchev–Trinajstić information content (AvgIpc) is 3.42. The molecule has 7 heteroatoms. The minimum atomic E-state index is -0.459. The molecule has 2 aromatic carbocycles. The molecule has 1 fully saturated rings. The highest BCUT2D eigenvalue weighted by atomic mass is 32.2. The van der Waals surface area contributed by atoms with Crippen molar-refractivity contribution in [3.63, 3.8) is 0 Å². The first kappa shape index (κ1) is 19.7. The Labute approximate surface area is 178 Å². The van der Waals surface area contributed by atoms with Crippen LogP contribution in [0.15, 0.2) is 60.0 Å². The molecule has 29 heavy (non-hydrogen) atoms. The molecule has 1 aliphatic rings. The predicted molar refractivity (Wildman–Crippen MR) is 118 cm³/mol. The van der Waals surface area contributed by atoms with Crippen LogP contribution < -0.4 is 5.32 Å². The van der Waals surface area contributed by atoms with Crippen molar-refractivity contribution in [1.82, 2.24) is 15.2 Å². The molecule has 3 aromatic rings. The van der Waals surface area contributed by atoms with Crippen molar-refractivity contribution in [3.05, 3.63) is 76.8 Å². The number of thioether (sulfide) groups is 1. The predicted octanol–water partition coefficient (Wildman–Crippen LogP) is 3.95. The number of carbonyl (C=O) groups is 2. The van der Waals surface area contributed by atoms with Gasteiger partial charge in [0.05, 0.1) is 18.1 Å². The Hall–Kier alpha value is -2.64. The number of hydrogen-bond donors (Lipinski definition) is 1. The van der Waals surface area contributed by atoms with Gasteiger partial charge in [-0.25, -0.2) is 4.98 Å². The Balaban J connectivity index is 1.40. The number of aromatic nitrogens is 1. The van der Waals surface area contributed by atoms with Gasteiger partial charge in [-0.3, -0.25) is 9.59 Å². The smallest absolute Gasteiger partial charge is 0.255 e. The highest BCUT2D eigenvalue weighted by Crippen LogP contribution is 2.25. The zero-order valence-corrected chi connectivity index (χ0v) is 17.6. The van der Waals surface area contributed by atoms with E-state index in [2.05, 4.69) is 10.3 Å². The summed E-state index contributed by atoms with van der Waals surface area (Å²) in [4.78, 5) is 32.0. The van der Waals surface area contributed by atoms with Crippen LogP contribution in [0.3, 0.4) is 0 Å². The van der Waals surface area contributed by atoms with Gasteiger partial charge in [-0.2, -0.15) is 0 Å². The lowest BCUT2D eigenvalue weighted by Gasteiger charge is -2.23. The number of rotatable bonds is 5. The van der Waals surface area contributed by atoms with E-state index in [1.54, 1.807) is 28.0 Å². The second-order valence-corrected chi connectivity index (χ2v) is 8.69. The maximum Gasteiger partial charge on any atom is 0.255 e. The number of carbonyl (C=O) groups excluding carboxylic acids is 2. The van der Waals surface area contributed by atoms with Crippen LogP contribution in [0.4, 0.5) is 0 Å². The second kappa shape index (κ2) is 8.80. The van der Waals surface area contributed by atoms with Crippen LogP contribution in [-0.4, -0.2) is 39.4 Å². The summed E-state index contributed by atoms with van der Waals surface area (Å²) in [5.74, 6) is 0.912. The molecule has 0 spiro atoms. The topological polar surface area (TPSA) is 62.3 Å². The number of hydrogen-bond acceptors (Lipinski definition) is 5. The number of thiazole rings is 1. The van der Waals surface area contributed by atoms with E-state index >= 15 is 0 Å². The maximum atomic E-state index is 12.9. The molecule has 5 nitrogen and oxygen atoms in total. The van der Waals surface area contributed by atoms with Crippen LogP contribution in [0.2, 0.25) is 0 Å². The minimum Gasteiger partial charge on any atom is -0.349 e. The fourth-order valence-electron chi connectivity index (χ4n) is 3.22. The molecular formula is C22H21N3O2S2. The standard InChI is InChI=1S/C22H21N3O2S2/c1-15-7-5-6-10-18(15)22(27)25-14-28-13-19(25)20(26)23-11-17-12-29-21(24-17)16-8-3-2-4-9-16/h2-10,12,19H,11,13-14H2,1H3,(H,23,26). The van der Waals surface area contributed by atoms with Gasteiger partial charge in [0.25, 0.3) is 5.91 Å². The van der Waals surface area contributed by atoms with Crippen LogP contribution in [0, 0.1) is 6.92 Å². The zero-order chi connectivity index (χ0) is 20.2. The highest BCUT2D eigenvalue weighted by Gasteiger charge is 2.35. The fourth-order valence-corrected chi connectivity index (χ4v) is 5.20. The molecule has 0 saturated carbocycles. The van der Waals surface area contributed by atoms with E-state index in [4.69, 9.17) is 0 Å². The molecule has 4 rings (SSSR count). The Morgan fingerprint density at radius 3 is 2.69 bits per heavy atom. The van der Waals surface area contributed by atoms with Gasteiger partial charge in [-0.1, -0.05) is 48.5 Å². The van der Waals surface area contributed by atoms with Crippen LogP contribution in [0.25, 0.3) is 10.6 Å². The number of aryl methyl sites for hydroxylation is 1. The number of nitrogens with zero attached hydrogens (tertiary/aromatic N) is 2. The van der Waals surface area contributed by atoms with E-state index in [0.29, 0.717) is 23.7 Å². The first-order valence-electron chi connectivity index (χ1n) is 9.35. The van der Waals surface area contributed by atoms with Crippen molar-refractivity contribution >= 4 is 34.9 Å². The first-order chi connectivity index (χ1) is 14.1. The third-order valence-corrected chi connectivity index (χ3v) is 6.79. The lowest BCUT2D eigenvalue weighted by Crippen LogP contribution is -2.47. The number of nitrogens with one attached hydrogen (secondary N) is 1. The van der Waals surface area contributed by atoms with E-state index < -0.39 is 6.04 Å².